The number of fused-ring (bicyclic) bond motifs is 1. The van der Waals surface area contributed by atoms with Crippen LogP contribution in [-0.4, -0.2) is 20.2 Å². The van der Waals surface area contributed by atoms with Crippen LogP contribution in [-0.2, 0) is 19.8 Å². The molecule has 3 rings (SSSR count). The van der Waals surface area contributed by atoms with E-state index in [1.807, 2.05) is 18.2 Å². The molecule has 6 heteroatoms. The van der Waals surface area contributed by atoms with E-state index in [1.165, 1.54) is 26.1 Å². The minimum absolute atomic E-state index is 0.0612. The standard InChI is InChI=1S/C11H6N3O2.W/c15-11-9(5-12-6-13-11)8-3-1-2-7-4-14-16-10(7)8;/h1-3,5-6H,(H,12,13,15);. The van der Waals surface area contributed by atoms with Gasteiger partial charge >= 0.3 is 107 Å². The summed E-state index contributed by atoms with van der Waals surface area (Å²) in [7, 11) is 0. The molecule has 3 aromatic rings. The van der Waals surface area contributed by atoms with Crippen molar-refractivity contribution in [2.45, 2.75) is 0 Å². The molecule has 0 aliphatic rings. The summed E-state index contributed by atoms with van der Waals surface area (Å²) in [6, 6.07) is 5.69. The molecule has 83 valence electrons. The van der Waals surface area contributed by atoms with Gasteiger partial charge in [-0.05, 0) is 0 Å². The second-order valence-electron chi connectivity index (χ2n) is 3.43. The van der Waals surface area contributed by atoms with Gasteiger partial charge in [0.15, 0.2) is 0 Å². The minimum atomic E-state index is -0.0612. The van der Waals surface area contributed by atoms with Crippen molar-refractivity contribution in [3.8, 4) is 17.0 Å². The van der Waals surface area contributed by atoms with Gasteiger partial charge in [-0.3, -0.25) is 0 Å². The van der Waals surface area contributed by atoms with E-state index >= 15 is 0 Å². The van der Waals surface area contributed by atoms with Gasteiger partial charge in [0.05, 0.1) is 0 Å². The van der Waals surface area contributed by atoms with E-state index in [0.717, 1.165) is 15.0 Å². The molecule has 0 saturated heterocycles. The van der Waals surface area contributed by atoms with E-state index < -0.39 is 0 Å². The van der Waals surface area contributed by atoms with E-state index in [-0.39, 0.29) is 5.88 Å². The number of para-hydroxylation sites is 1. The molecule has 0 aliphatic carbocycles. The van der Waals surface area contributed by atoms with Gasteiger partial charge in [0, 0.05) is 0 Å². The van der Waals surface area contributed by atoms with Crippen LogP contribution in [0.5, 0.6) is 5.88 Å². The molecule has 5 nitrogen and oxygen atoms in total. The topological polar surface area (TPSA) is 72.0 Å². The molecule has 0 spiro atoms. The Morgan fingerprint density at radius 1 is 1.24 bits per heavy atom. The first-order valence-corrected chi connectivity index (χ1v) is 6.29. The number of aromatic nitrogens is 3. The molecular weight excluding hydrogens is 390 g/mol. The van der Waals surface area contributed by atoms with Crippen LogP contribution in [0.15, 0.2) is 35.2 Å². The van der Waals surface area contributed by atoms with E-state index in [1.54, 1.807) is 6.20 Å². The zero-order valence-corrected chi connectivity index (χ0v) is 11.4. The van der Waals surface area contributed by atoms with Crippen molar-refractivity contribution in [1.29, 1.82) is 0 Å². The van der Waals surface area contributed by atoms with Gasteiger partial charge < -0.3 is 0 Å². The van der Waals surface area contributed by atoms with Gasteiger partial charge in [-0.25, -0.2) is 0 Å². The molecule has 0 saturated carbocycles. The van der Waals surface area contributed by atoms with Crippen LogP contribution in [0.3, 0.4) is 0 Å². The van der Waals surface area contributed by atoms with Crippen molar-refractivity contribution < 1.29 is 29.4 Å². The first-order valence-electron chi connectivity index (χ1n) is 4.82. The second kappa shape index (κ2) is 3.93. The van der Waals surface area contributed by atoms with Crippen molar-refractivity contribution in [2.24, 2.45) is 0 Å². The fourth-order valence-corrected chi connectivity index (χ4v) is 2.38. The maximum absolute atomic E-state index is 9.72. The molecule has 0 unspecified atom stereocenters. The molecular formula is C11H6N3O2W. The number of nitrogens with zero attached hydrogens (tertiary/aromatic N) is 3. The molecule has 2 aromatic heterocycles. The molecule has 0 amide bonds. The number of benzene rings is 1. The quantitative estimate of drug-likeness (QED) is 0.669. The molecule has 0 atom stereocenters. The second-order valence-corrected chi connectivity index (χ2v) is 4.82. The maximum atomic E-state index is 9.72. The van der Waals surface area contributed by atoms with Crippen LogP contribution in [0.2, 0.25) is 0 Å². The summed E-state index contributed by atoms with van der Waals surface area (Å²) in [5, 5.41) is 14.6. The van der Waals surface area contributed by atoms with E-state index in [2.05, 4.69) is 15.1 Å². The Balaban J connectivity index is 2.35. The molecule has 1 aromatic carbocycles. The van der Waals surface area contributed by atoms with Crippen molar-refractivity contribution in [1.82, 2.24) is 15.1 Å². The Hall–Kier alpha value is -1.74. The average molecular weight is 396 g/mol. The Labute approximate surface area is 107 Å². The molecule has 0 bridgehead atoms. The predicted molar refractivity (Wildman–Crippen MR) is 56.3 cm³/mol. The molecule has 1 N–H and O–H groups in total. The number of hydrogen-bond acceptors (Lipinski definition) is 5. The molecule has 17 heavy (non-hydrogen) atoms. The Bertz CT molecular complexity index is 696. The molecule has 2 heterocycles. The summed E-state index contributed by atoms with van der Waals surface area (Å²) < 4.78 is 6.19. The molecule has 0 aliphatic heterocycles. The summed E-state index contributed by atoms with van der Waals surface area (Å²) >= 11 is 1.24. The number of hydrogen-bond donors (Lipinski definition) is 1. The third-order valence-electron chi connectivity index (χ3n) is 2.45. The van der Waals surface area contributed by atoms with Crippen LogP contribution < -0.4 is 4.08 Å². The third kappa shape index (κ3) is 1.63. The summed E-state index contributed by atoms with van der Waals surface area (Å²) in [4.78, 5) is 7.66. The Kier molecular flexibility index (Phi) is 2.41. The van der Waals surface area contributed by atoms with Gasteiger partial charge in [0.2, 0.25) is 0 Å². The van der Waals surface area contributed by atoms with E-state index in [9.17, 15) is 5.11 Å². The Morgan fingerprint density at radius 3 is 2.94 bits per heavy atom. The van der Waals surface area contributed by atoms with Crippen molar-refractivity contribution in [2.75, 3.05) is 0 Å². The number of aromatic hydroxyl groups is 1. The molecule has 0 radical (unpaired) electrons. The van der Waals surface area contributed by atoms with Crippen LogP contribution in [0.25, 0.3) is 22.1 Å². The number of rotatable bonds is 1. The van der Waals surface area contributed by atoms with Crippen LogP contribution in [0.1, 0.15) is 0 Å². The van der Waals surface area contributed by atoms with Crippen LogP contribution in [0, 0.1) is 0 Å². The monoisotopic (exact) mass is 396 g/mol. The fraction of sp³-hybridized carbons (Fsp3) is 0. The summed E-state index contributed by atoms with van der Waals surface area (Å²) in [5.41, 5.74) is 1.95. The van der Waals surface area contributed by atoms with E-state index in [4.69, 9.17) is 4.52 Å². The normalized spacial score (nSPS) is 10.8. The van der Waals surface area contributed by atoms with Gasteiger partial charge in [-0.2, -0.15) is 0 Å². The zero-order valence-electron chi connectivity index (χ0n) is 8.49. The average Bonchev–Trinajstić information content (AvgIpc) is 2.72. The van der Waals surface area contributed by atoms with Gasteiger partial charge in [-0.1, -0.05) is 0 Å². The van der Waals surface area contributed by atoms with Crippen molar-refractivity contribution >= 4 is 15.1 Å². The van der Waals surface area contributed by atoms with Crippen LogP contribution >= 0.6 is 0 Å². The fourth-order valence-electron chi connectivity index (χ4n) is 1.67. The first kappa shape index (κ1) is 10.4. The van der Waals surface area contributed by atoms with Gasteiger partial charge in [0.25, 0.3) is 0 Å². The predicted octanol–water partition coefficient (Wildman–Crippen LogP) is 1.16. The molecule has 0 fully saturated rings. The Morgan fingerprint density at radius 2 is 2.12 bits per heavy atom. The summed E-state index contributed by atoms with van der Waals surface area (Å²) in [6.07, 6.45) is 2.86. The first-order chi connectivity index (χ1) is 8.27. The van der Waals surface area contributed by atoms with E-state index in [0.29, 0.717) is 11.1 Å². The summed E-state index contributed by atoms with van der Waals surface area (Å²) in [5.74, 6) is -0.0612. The van der Waals surface area contributed by atoms with Gasteiger partial charge in [0.1, 0.15) is 0 Å². The zero-order chi connectivity index (χ0) is 11.8. The van der Waals surface area contributed by atoms with Crippen molar-refractivity contribution in [3.05, 3.63) is 30.7 Å². The third-order valence-corrected chi connectivity index (χ3v) is 3.50. The van der Waals surface area contributed by atoms with Gasteiger partial charge in [-0.15, -0.1) is 0 Å². The SMILES string of the molecule is Oc1ncncc1-c1cccc2[c]([W])noc12. The summed E-state index contributed by atoms with van der Waals surface area (Å²) in [6.45, 7) is 0. The van der Waals surface area contributed by atoms with Crippen LogP contribution in [0.4, 0.5) is 0 Å². The van der Waals surface area contributed by atoms with Crippen molar-refractivity contribution in [3.63, 3.8) is 0 Å².